The number of carbonyl (C=O) groups is 7. The Morgan fingerprint density at radius 1 is 0.331 bits per heavy atom. The molecule has 23 nitrogen and oxygen atoms in total. The molecule has 0 spiro atoms. The second kappa shape index (κ2) is 47.8. The molecule has 25 heteroatoms. The molecule has 9 aromatic carbocycles. The molecule has 3 aromatic heterocycles. The van der Waals surface area contributed by atoms with Crippen LogP contribution in [0.25, 0.3) is 50.4 Å². The van der Waals surface area contributed by atoms with E-state index in [1.54, 1.807) is 106 Å². The summed E-state index contributed by atoms with van der Waals surface area (Å²) in [6.07, 6.45) is 14.9. The van der Waals surface area contributed by atoms with Crippen LogP contribution in [-0.2, 0) is 38.9 Å². The van der Waals surface area contributed by atoms with E-state index in [1.165, 1.54) is 18.2 Å². The summed E-state index contributed by atoms with van der Waals surface area (Å²) in [5.41, 5.74) is 17.5. The normalized spacial score (nSPS) is 14.8. The summed E-state index contributed by atoms with van der Waals surface area (Å²) in [6, 6.07) is 63.8. The Hall–Kier alpha value is -13.4. The smallest absolute Gasteiger partial charge is 0.274 e. The average Bonchev–Trinajstić information content (AvgIpc) is 1.75. The first-order valence-corrected chi connectivity index (χ1v) is 49.8. The average molecular weight is 1880 g/mol. The highest BCUT2D eigenvalue weighted by Crippen LogP contribution is 2.38. The number of unbranched alkanes of at least 4 members (excludes halogenated alkanes) is 6. The van der Waals surface area contributed by atoms with Crippen LogP contribution in [-0.4, -0.2) is 211 Å². The van der Waals surface area contributed by atoms with Gasteiger partial charge in [-0.05, 0) is 232 Å². The lowest BCUT2D eigenvalue weighted by molar-refractivity contribution is 0.0539. The number of aromatic nitrogens is 6. The highest BCUT2D eigenvalue weighted by atomic mass is 19.1. The minimum absolute atomic E-state index is 0.0302. The second-order valence-electron chi connectivity index (χ2n) is 37.2. The van der Waals surface area contributed by atoms with Gasteiger partial charge in [0.15, 0.2) is 17.1 Å². The molecule has 7 amide bonds. The van der Waals surface area contributed by atoms with E-state index in [-0.39, 0.29) is 78.6 Å². The van der Waals surface area contributed by atoms with Crippen molar-refractivity contribution in [3.05, 3.63) is 319 Å². The quantitative estimate of drug-likeness (QED) is 0.0339. The number of likely N-dealkylation sites (tertiary alicyclic amines) is 1. The van der Waals surface area contributed by atoms with Gasteiger partial charge in [-0.15, -0.1) is 0 Å². The van der Waals surface area contributed by atoms with Crippen molar-refractivity contribution in [1.29, 1.82) is 0 Å². The fourth-order valence-electron chi connectivity index (χ4n) is 19.1. The monoisotopic (exact) mass is 1880 g/mol. The van der Waals surface area contributed by atoms with E-state index in [0.717, 1.165) is 146 Å². The summed E-state index contributed by atoms with van der Waals surface area (Å²) in [5.74, 6) is -2.43. The van der Waals surface area contributed by atoms with Crippen molar-refractivity contribution in [2.45, 2.75) is 216 Å². The molecule has 728 valence electrons. The molecule has 139 heavy (non-hydrogen) atoms. The number of nitrogens with zero attached hydrogens (tertiary/aromatic N) is 13. The Kier molecular flexibility index (Phi) is 34.9. The first-order chi connectivity index (χ1) is 67.4. The number of aliphatic hydroxyl groups is 3. The van der Waals surface area contributed by atoms with Crippen LogP contribution in [0.4, 0.5) is 8.78 Å². The van der Waals surface area contributed by atoms with Gasteiger partial charge in [-0.3, -0.25) is 33.6 Å². The summed E-state index contributed by atoms with van der Waals surface area (Å²) < 4.78 is 35.4. The van der Waals surface area contributed by atoms with Gasteiger partial charge in [-0.1, -0.05) is 225 Å². The molecule has 0 unspecified atom stereocenters. The summed E-state index contributed by atoms with van der Waals surface area (Å²) in [7, 11) is 0. The molecule has 1 fully saturated rings. The number of halogens is 2. The fraction of sp³-hybridized carbons (Fsp3) is 0.386. The molecule has 12 aromatic rings. The lowest BCUT2D eigenvalue weighted by atomic mass is 9.93. The van der Waals surface area contributed by atoms with Gasteiger partial charge < -0.3 is 49.6 Å². The zero-order valence-electron chi connectivity index (χ0n) is 82.1. The number of carbonyl (C=O) groups excluding carboxylic acids is 7. The van der Waals surface area contributed by atoms with Gasteiger partial charge in [-0.25, -0.2) is 22.8 Å². The number of rotatable bonds is 34. The Morgan fingerprint density at radius 3 is 0.986 bits per heavy atom. The van der Waals surface area contributed by atoms with Crippen molar-refractivity contribution in [2.24, 2.45) is 0 Å². The molecule has 0 aliphatic carbocycles. The maximum Gasteiger partial charge on any atom is 0.274 e. The fourth-order valence-corrected chi connectivity index (χ4v) is 19.1. The third kappa shape index (κ3) is 23.6. The molecular formula is C114H133F2N13O10. The third-order valence-electron chi connectivity index (χ3n) is 27.2. The van der Waals surface area contributed by atoms with Crippen LogP contribution in [0.15, 0.2) is 212 Å². The first-order valence-electron chi connectivity index (χ1n) is 49.8. The molecule has 3 atom stereocenters. The number of amides is 7. The van der Waals surface area contributed by atoms with Crippen LogP contribution in [0, 0.1) is 39.3 Å². The molecule has 0 radical (unpaired) electrons. The molecule has 16 rings (SSSR count). The van der Waals surface area contributed by atoms with Crippen molar-refractivity contribution < 1.29 is 57.7 Å². The Labute approximate surface area is 816 Å². The largest absolute Gasteiger partial charge is 0.394 e. The maximum atomic E-state index is 15.5. The summed E-state index contributed by atoms with van der Waals surface area (Å²) in [4.78, 5) is 110. The lowest BCUT2D eigenvalue weighted by Crippen LogP contribution is -2.46. The first kappa shape index (κ1) is 102. The zero-order chi connectivity index (χ0) is 98.5. The van der Waals surface area contributed by atoms with Gasteiger partial charge in [0.05, 0.1) is 77.3 Å². The maximum absolute atomic E-state index is 15.5. The van der Waals surface area contributed by atoms with E-state index < -0.39 is 17.9 Å². The van der Waals surface area contributed by atoms with Crippen molar-refractivity contribution in [3.8, 4) is 50.4 Å². The van der Waals surface area contributed by atoms with Crippen LogP contribution in [0.1, 0.15) is 260 Å². The second-order valence-corrected chi connectivity index (χ2v) is 37.2. The molecule has 7 heterocycles. The van der Waals surface area contributed by atoms with E-state index in [1.807, 2.05) is 139 Å². The van der Waals surface area contributed by atoms with Crippen LogP contribution < -0.4 is 0 Å². The molecule has 0 saturated carbocycles. The van der Waals surface area contributed by atoms with Gasteiger partial charge in [-0.2, -0.15) is 15.3 Å². The summed E-state index contributed by atoms with van der Waals surface area (Å²) in [5, 5.41) is 45.4. The number of benzene rings is 9. The predicted octanol–water partition coefficient (Wildman–Crippen LogP) is 20.2. The highest BCUT2D eigenvalue weighted by Gasteiger charge is 2.38. The molecule has 3 N–H and O–H groups in total. The molecular weight excluding hydrogens is 1750 g/mol. The minimum Gasteiger partial charge on any atom is -0.394 e. The highest BCUT2D eigenvalue weighted by molar-refractivity contribution is 6.03. The van der Waals surface area contributed by atoms with E-state index >= 15 is 4.39 Å². The molecule has 0 bridgehead atoms. The Bertz CT molecular complexity index is 6330. The molecule has 1 saturated heterocycles. The Balaban J connectivity index is 0.000000167. The van der Waals surface area contributed by atoms with Gasteiger partial charge in [0, 0.05) is 94.6 Å². The van der Waals surface area contributed by atoms with Crippen molar-refractivity contribution in [3.63, 3.8) is 0 Å². The number of fused-ring (bicyclic) bond motifs is 3. The van der Waals surface area contributed by atoms with E-state index in [2.05, 4.69) is 66.7 Å². The number of hydrogen-bond donors (Lipinski definition) is 3. The van der Waals surface area contributed by atoms with E-state index in [0.29, 0.717) is 176 Å². The SMILES string of the molecule is CCCCN(CCCC)C(=O)c1cc(C)n(-c2ccc(-c3ccc(C(=O)N4CCCC4)c(F)c3)cc2C(=O)N2Cc3ccccc3C[C@H]2CO)n1.CCCCN(CCCC)C(=O)c1cc(C)n(-c2ccc(-c3cccc(C)c3)cc2C(=O)N2Cc3ccccc3C[C@H]2CO)n1.CCCCN(CCCC)C(=O)c1cc(C)n(-c2ccc(-c3ccccc3F)cc2C(=O)N2Cc3ccccc3C[C@H]2CO)n1. The number of aryl methyl sites for hydroxylation is 4. The van der Waals surface area contributed by atoms with Crippen molar-refractivity contribution in [2.75, 3.05) is 72.2 Å². The van der Waals surface area contributed by atoms with Gasteiger partial charge >= 0.3 is 0 Å². The van der Waals surface area contributed by atoms with Crippen molar-refractivity contribution in [1.82, 2.24) is 63.6 Å². The predicted molar refractivity (Wildman–Crippen MR) is 541 cm³/mol. The lowest BCUT2D eigenvalue weighted by Gasteiger charge is -2.36. The standard InChI is InChI=1S/C41H48FN5O4.C37H44N4O3.C36H41FN4O3/c1-4-6-18-45(19-7-5-2)41(51)37-22-28(3)47(43-37)38-17-15-30(31-14-16-34(36(42)25-31)39(49)44-20-10-11-21-44)24-35(38)40(50)46-26-32-13-9-8-12-29(32)23-33(46)27-48;1-5-7-18-39(19-8-6-2)37(44)34-21-27(4)41(38-34)35-17-16-30(28-15-11-12-26(3)20-28)23-33(35)36(43)40-24-31-14-10-9-13-29(31)22-32(40)25-42;1-4-6-18-39(19-7-5-2)36(44)33-20-25(3)41(38-33)34-17-16-27(30-14-10-11-15-32(30)37)22-31(34)35(43)40-23-28-13-9-8-12-26(28)21-29(40)24-42/h8-9,12-17,22,24-25,33,48H,4-7,10-11,18-21,23,26-27H2,1-3H3;9-17,20-21,23,32,42H,5-8,18-19,22,24-25H2,1-4H3;8-17,20,22,29,42H,4-7,18-19,21,23-24H2,1-3H3/t33-;32-;29-/m000/s1. The van der Waals surface area contributed by atoms with Gasteiger partial charge in [0.2, 0.25) is 0 Å². The van der Waals surface area contributed by atoms with Gasteiger partial charge in [0.1, 0.15) is 11.6 Å². The van der Waals surface area contributed by atoms with E-state index in [4.69, 9.17) is 15.3 Å². The topological polar surface area (TPSA) is 256 Å². The Morgan fingerprint density at radius 2 is 0.647 bits per heavy atom. The summed E-state index contributed by atoms with van der Waals surface area (Å²) >= 11 is 0. The zero-order valence-corrected chi connectivity index (χ0v) is 82.1. The van der Waals surface area contributed by atoms with Crippen LogP contribution in [0.2, 0.25) is 0 Å². The van der Waals surface area contributed by atoms with Crippen molar-refractivity contribution >= 4 is 41.4 Å². The van der Waals surface area contributed by atoms with Crippen LogP contribution >= 0.6 is 0 Å². The third-order valence-corrected chi connectivity index (χ3v) is 27.2. The van der Waals surface area contributed by atoms with Crippen LogP contribution in [0.3, 0.4) is 0 Å². The minimum atomic E-state index is -0.615. The van der Waals surface area contributed by atoms with Crippen LogP contribution in [0.5, 0.6) is 0 Å². The van der Waals surface area contributed by atoms with E-state index in [9.17, 15) is 53.3 Å². The molecule has 4 aliphatic rings. The number of aliphatic hydroxyl groups excluding tert-OH is 3. The van der Waals surface area contributed by atoms with Gasteiger partial charge in [0.25, 0.3) is 41.4 Å². The number of hydrogen-bond acceptors (Lipinski definition) is 13. The molecule has 4 aliphatic heterocycles. The summed E-state index contributed by atoms with van der Waals surface area (Å²) in [6.45, 7) is 26.2.